The highest BCUT2D eigenvalue weighted by Gasteiger charge is 2.41. The van der Waals surface area contributed by atoms with Crippen molar-refractivity contribution in [1.82, 2.24) is 0 Å². The zero-order chi connectivity index (χ0) is 27.0. The molecule has 192 valence electrons. The second kappa shape index (κ2) is 10.4. The second-order valence-electron chi connectivity index (χ2n) is 10.0. The van der Waals surface area contributed by atoms with Gasteiger partial charge in [0.1, 0.15) is 18.2 Å². The van der Waals surface area contributed by atoms with Crippen LogP contribution in [-0.4, -0.2) is 5.78 Å². The lowest BCUT2D eigenvalue weighted by Gasteiger charge is -2.40. The Morgan fingerprint density at radius 1 is 1.03 bits per heavy atom. The molecule has 0 saturated carbocycles. The van der Waals surface area contributed by atoms with Crippen molar-refractivity contribution in [2.45, 2.75) is 52.6 Å². The molecule has 0 amide bonds. The molecular formula is C32H30ClN3O2. The van der Waals surface area contributed by atoms with Crippen LogP contribution in [0, 0.1) is 32.1 Å². The Kier molecular flexibility index (Phi) is 7.01. The van der Waals surface area contributed by atoms with Crippen molar-refractivity contribution >= 4 is 23.1 Å². The molecule has 2 aliphatic rings. The van der Waals surface area contributed by atoms with Gasteiger partial charge in [0.05, 0.1) is 17.6 Å². The smallest absolute Gasteiger partial charge is 0.161 e. The van der Waals surface area contributed by atoms with Crippen LogP contribution in [0.25, 0.3) is 0 Å². The summed E-state index contributed by atoms with van der Waals surface area (Å²) < 4.78 is 6.11. The average Bonchev–Trinajstić information content (AvgIpc) is 2.90. The molecule has 1 atom stereocenters. The maximum Gasteiger partial charge on any atom is 0.161 e. The van der Waals surface area contributed by atoms with Crippen LogP contribution in [0.1, 0.15) is 53.0 Å². The minimum absolute atomic E-state index is 0.0637. The van der Waals surface area contributed by atoms with Gasteiger partial charge >= 0.3 is 0 Å². The minimum atomic E-state index is -0.524. The number of allylic oxidation sites excluding steroid dienone is 3. The Morgan fingerprint density at radius 3 is 2.42 bits per heavy atom. The van der Waals surface area contributed by atoms with Crippen LogP contribution < -0.4 is 15.4 Å². The molecule has 3 aromatic carbocycles. The van der Waals surface area contributed by atoms with Gasteiger partial charge in [-0.2, -0.15) is 5.26 Å². The number of carbonyl (C=O) groups is 1. The fraction of sp³-hybridized carbons (Fsp3) is 0.250. The predicted octanol–water partition coefficient (Wildman–Crippen LogP) is 7.15. The van der Waals surface area contributed by atoms with Crippen LogP contribution in [0.2, 0.25) is 5.02 Å². The van der Waals surface area contributed by atoms with Crippen LogP contribution in [0.3, 0.4) is 0 Å². The van der Waals surface area contributed by atoms with Crippen molar-refractivity contribution in [3.63, 3.8) is 0 Å². The molecule has 6 heteroatoms. The molecule has 0 saturated heterocycles. The molecule has 0 radical (unpaired) electrons. The summed E-state index contributed by atoms with van der Waals surface area (Å²) >= 11 is 6.13. The molecule has 1 aliphatic heterocycles. The van der Waals surface area contributed by atoms with Crippen LogP contribution in [0.4, 0.5) is 5.69 Å². The minimum Gasteiger partial charge on any atom is -0.489 e. The van der Waals surface area contributed by atoms with Crippen LogP contribution >= 0.6 is 11.6 Å². The van der Waals surface area contributed by atoms with E-state index in [1.54, 1.807) is 12.1 Å². The zero-order valence-electron chi connectivity index (χ0n) is 21.8. The van der Waals surface area contributed by atoms with Gasteiger partial charge in [0.25, 0.3) is 0 Å². The molecular weight excluding hydrogens is 494 g/mol. The first kappa shape index (κ1) is 25.6. The third kappa shape index (κ3) is 4.68. The molecule has 1 unspecified atom stereocenters. The number of hydrogen-bond donors (Lipinski definition) is 1. The van der Waals surface area contributed by atoms with E-state index < -0.39 is 5.92 Å². The summed E-state index contributed by atoms with van der Waals surface area (Å²) in [5.74, 6) is 0.688. The maximum atomic E-state index is 13.5. The standard InChI is InChI=1S/C32H30ClN3O2/c1-19-7-13-25(14-8-19)38-18-22-15-20(2)16-26(21(22)3)30-27(17-34)32(35)36(24-11-9-23(33)10-12-24)28-5-4-6-29(37)31(28)30/h7-16,30H,4-6,18,35H2,1-3H3. The number of hydrogen-bond acceptors (Lipinski definition) is 5. The van der Waals surface area contributed by atoms with Crippen molar-refractivity contribution in [3.8, 4) is 11.8 Å². The number of benzene rings is 3. The van der Waals surface area contributed by atoms with Gasteiger partial charge in [0.15, 0.2) is 5.78 Å². The Hall–Kier alpha value is -4.01. The molecule has 38 heavy (non-hydrogen) atoms. The summed E-state index contributed by atoms with van der Waals surface area (Å²) in [6.07, 6.45) is 1.90. The quantitative estimate of drug-likeness (QED) is 0.384. The molecule has 1 heterocycles. The number of aryl methyl sites for hydroxylation is 2. The van der Waals surface area contributed by atoms with Crippen LogP contribution in [-0.2, 0) is 11.4 Å². The van der Waals surface area contributed by atoms with E-state index in [1.807, 2.05) is 62.1 Å². The summed E-state index contributed by atoms with van der Waals surface area (Å²) in [6.45, 7) is 6.49. The number of Topliss-reactive ketones (excluding diaryl/α,β-unsaturated/α-hetero) is 1. The van der Waals surface area contributed by atoms with Gasteiger partial charge < -0.3 is 10.5 Å². The first-order valence-electron chi connectivity index (χ1n) is 12.8. The molecule has 5 rings (SSSR count). The molecule has 0 spiro atoms. The van der Waals surface area contributed by atoms with Gasteiger partial charge in [0.2, 0.25) is 0 Å². The number of nitrogens with zero attached hydrogens (tertiary/aromatic N) is 2. The number of anilines is 1. The Labute approximate surface area is 228 Å². The van der Waals surface area contributed by atoms with E-state index >= 15 is 0 Å². The van der Waals surface area contributed by atoms with Gasteiger partial charge in [-0.3, -0.25) is 9.69 Å². The Morgan fingerprint density at radius 2 is 1.74 bits per heavy atom. The van der Waals surface area contributed by atoms with Crippen molar-refractivity contribution in [1.29, 1.82) is 5.26 Å². The number of rotatable bonds is 5. The molecule has 0 aromatic heterocycles. The highest BCUT2D eigenvalue weighted by molar-refractivity contribution is 6.30. The average molecular weight is 524 g/mol. The van der Waals surface area contributed by atoms with Gasteiger partial charge in [-0.15, -0.1) is 0 Å². The second-order valence-corrected chi connectivity index (χ2v) is 10.5. The van der Waals surface area contributed by atoms with E-state index in [2.05, 4.69) is 18.2 Å². The summed E-state index contributed by atoms with van der Waals surface area (Å²) in [5.41, 5.74) is 14.6. The van der Waals surface area contributed by atoms with E-state index in [0.29, 0.717) is 41.4 Å². The molecule has 1 aliphatic carbocycles. The first-order valence-corrected chi connectivity index (χ1v) is 13.2. The highest BCUT2D eigenvalue weighted by atomic mass is 35.5. The monoisotopic (exact) mass is 523 g/mol. The fourth-order valence-electron chi connectivity index (χ4n) is 5.49. The normalized spacial score (nSPS) is 17.4. The zero-order valence-corrected chi connectivity index (χ0v) is 22.6. The first-order chi connectivity index (χ1) is 18.3. The number of carbonyl (C=O) groups excluding carboxylic acids is 1. The van der Waals surface area contributed by atoms with Crippen molar-refractivity contribution < 1.29 is 9.53 Å². The third-order valence-corrected chi connectivity index (χ3v) is 7.68. The van der Waals surface area contributed by atoms with E-state index in [0.717, 1.165) is 45.8 Å². The Bertz CT molecular complexity index is 1510. The molecule has 0 bridgehead atoms. The summed E-state index contributed by atoms with van der Waals surface area (Å²) in [7, 11) is 0. The van der Waals surface area contributed by atoms with E-state index in [9.17, 15) is 10.1 Å². The fourth-order valence-corrected chi connectivity index (χ4v) is 5.62. The van der Waals surface area contributed by atoms with Crippen molar-refractivity contribution in [2.75, 3.05) is 4.90 Å². The molecule has 3 aromatic rings. The lowest BCUT2D eigenvalue weighted by atomic mass is 9.73. The number of halogens is 1. The largest absolute Gasteiger partial charge is 0.489 e. The summed E-state index contributed by atoms with van der Waals surface area (Å²) in [5, 5.41) is 11.0. The summed E-state index contributed by atoms with van der Waals surface area (Å²) in [6, 6.07) is 21.8. The van der Waals surface area contributed by atoms with Gasteiger partial charge in [0, 0.05) is 28.4 Å². The highest BCUT2D eigenvalue weighted by Crippen LogP contribution is 2.47. The third-order valence-electron chi connectivity index (χ3n) is 7.42. The van der Waals surface area contributed by atoms with E-state index in [1.165, 1.54) is 5.56 Å². The van der Waals surface area contributed by atoms with E-state index in [4.69, 9.17) is 22.1 Å². The van der Waals surface area contributed by atoms with Crippen molar-refractivity contribution in [3.05, 3.63) is 116 Å². The summed E-state index contributed by atoms with van der Waals surface area (Å²) in [4.78, 5) is 15.4. The van der Waals surface area contributed by atoms with Crippen LogP contribution in [0.5, 0.6) is 5.75 Å². The van der Waals surface area contributed by atoms with E-state index in [-0.39, 0.29) is 5.78 Å². The topological polar surface area (TPSA) is 79.3 Å². The molecule has 5 nitrogen and oxygen atoms in total. The SMILES string of the molecule is Cc1ccc(OCc2cc(C)cc(C3C(C#N)=C(N)N(c4ccc(Cl)cc4)C4=C3C(=O)CCC4)c2C)cc1. The number of ketones is 1. The van der Waals surface area contributed by atoms with Gasteiger partial charge in [-0.1, -0.05) is 47.0 Å². The predicted molar refractivity (Wildman–Crippen MR) is 151 cm³/mol. The number of nitriles is 1. The molecule has 2 N–H and O–H groups in total. The maximum absolute atomic E-state index is 13.5. The lowest BCUT2D eigenvalue weighted by Crippen LogP contribution is -2.39. The molecule has 0 fully saturated rings. The lowest BCUT2D eigenvalue weighted by molar-refractivity contribution is -0.116. The van der Waals surface area contributed by atoms with Gasteiger partial charge in [-0.05, 0) is 86.7 Å². The number of ether oxygens (including phenoxy) is 1. The Balaban J connectivity index is 1.62. The van der Waals surface area contributed by atoms with Gasteiger partial charge in [-0.25, -0.2) is 0 Å². The number of nitrogens with two attached hydrogens (primary N) is 1. The van der Waals surface area contributed by atoms with Crippen molar-refractivity contribution in [2.24, 2.45) is 5.73 Å². The van der Waals surface area contributed by atoms with Crippen LogP contribution in [0.15, 0.2) is 83.3 Å².